The van der Waals surface area contributed by atoms with E-state index in [-0.39, 0.29) is 19.5 Å². The summed E-state index contributed by atoms with van der Waals surface area (Å²) in [6.07, 6.45) is 0.287. The summed E-state index contributed by atoms with van der Waals surface area (Å²) in [6, 6.07) is -2.08. The number of nitrogens with one attached hydrogen (secondary N) is 1. The molecule has 2 N–H and O–H groups in total. The van der Waals surface area contributed by atoms with Gasteiger partial charge in [-0.15, -0.1) is 5.10 Å². The number of amides is 3. The van der Waals surface area contributed by atoms with Gasteiger partial charge in [-0.25, -0.2) is 13.8 Å². The van der Waals surface area contributed by atoms with Gasteiger partial charge < -0.3 is 10.2 Å². The number of carbonyl (C=O) groups excluding carboxylic acids is 2. The number of tetrazole rings is 1. The largest absolute Gasteiger partial charge is 0.362 e. The molecule has 3 heterocycles. The van der Waals surface area contributed by atoms with Gasteiger partial charge in [0.2, 0.25) is 0 Å². The fourth-order valence-corrected chi connectivity index (χ4v) is 3.60. The van der Waals surface area contributed by atoms with Gasteiger partial charge in [-0.3, -0.25) is 9.35 Å². The van der Waals surface area contributed by atoms with Crippen LogP contribution < -0.4 is 5.32 Å². The highest BCUT2D eigenvalue weighted by Crippen LogP contribution is 2.35. The molecule has 2 saturated heterocycles. The third-order valence-electron chi connectivity index (χ3n) is 3.75. The second-order valence-electron chi connectivity index (χ2n) is 4.98. The van der Waals surface area contributed by atoms with Crippen LogP contribution in [-0.2, 0) is 28.7 Å². The SMILES string of the molecule is Cn1nnnc1CNC(=O)N1CC[C@@H]2[C@H]1C(=O)N2S(=O)(=O)O. The summed E-state index contributed by atoms with van der Waals surface area (Å²) in [5.74, 6) is -0.371. The molecule has 0 radical (unpaired) electrons. The summed E-state index contributed by atoms with van der Waals surface area (Å²) in [6.45, 7) is 0.294. The molecule has 2 aliphatic heterocycles. The Balaban J connectivity index is 1.64. The predicted molar refractivity (Wildman–Crippen MR) is 68.3 cm³/mol. The first-order valence-corrected chi connectivity index (χ1v) is 7.77. The van der Waals surface area contributed by atoms with Gasteiger partial charge in [0, 0.05) is 13.6 Å². The molecule has 12 nitrogen and oxygen atoms in total. The molecule has 0 unspecified atom stereocenters. The number of likely N-dealkylation sites (tertiary alicyclic amines) is 1. The van der Waals surface area contributed by atoms with Crippen molar-refractivity contribution in [1.29, 1.82) is 0 Å². The van der Waals surface area contributed by atoms with E-state index >= 15 is 0 Å². The molecular formula is C9H13N7O5S. The highest BCUT2D eigenvalue weighted by atomic mass is 32.2. The normalized spacial score (nSPS) is 24.2. The summed E-state index contributed by atoms with van der Waals surface area (Å²) in [5, 5.41) is 13.3. The first-order valence-electron chi connectivity index (χ1n) is 6.37. The number of fused-ring (bicyclic) bond motifs is 1. The van der Waals surface area contributed by atoms with Gasteiger partial charge in [0.05, 0.1) is 12.6 Å². The molecule has 2 aliphatic rings. The van der Waals surface area contributed by atoms with E-state index in [2.05, 4.69) is 20.8 Å². The smallest absolute Gasteiger partial charge is 0.331 e. The number of nitrogens with zero attached hydrogens (tertiary/aromatic N) is 6. The van der Waals surface area contributed by atoms with Crippen LogP contribution in [0.1, 0.15) is 12.2 Å². The summed E-state index contributed by atoms with van der Waals surface area (Å²) in [7, 11) is -2.96. The predicted octanol–water partition coefficient (Wildman–Crippen LogP) is -2.49. The number of aromatic nitrogens is 4. The molecule has 0 spiro atoms. The van der Waals surface area contributed by atoms with Gasteiger partial charge in [-0.1, -0.05) is 0 Å². The van der Waals surface area contributed by atoms with Crippen LogP contribution in [-0.4, -0.2) is 72.9 Å². The zero-order valence-electron chi connectivity index (χ0n) is 11.4. The van der Waals surface area contributed by atoms with Crippen LogP contribution in [0.15, 0.2) is 0 Å². The highest BCUT2D eigenvalue weighted by Gasteiger charge is 2.59. The highest BCUT2D eigenvalue weighted by molar-refractivity contribution is 7.84. The Labute approximate surface area is 124 Å². The maximum atomic E-state index is 12.1. The Morgan fingerprint density at radius 1 is 1.50 bits per heavy atom. The summed E-state index contributed by atoms with van der Waals surface area (Å²) in [4.78, 5) is 25.2. The Hall–Kier alpha value is -2.28. The number of aryl methyl sites for hydroxylation is 1. The minimum Gasteiger partial charge on any atom is -0.331 e. The number of carbonyl (C=O) groups is 2. The number of hydrogen-bond donors (Lipinski definition) is 2. The maximum absolute atomic E-state index is 12.1. The van der Waals surface area contributed by atoms with Crippen molar-refractivity contribution in [3.63, 3.8) is 0 Å². The number of rotatable bonds is 3. The number of β-lactam (4-membered cyclic amide) rings is 1. The monoisotopic (exact) mass is 331 g/mol. The molecule has 0 aliphatic carbocycles. The standard InChI is InChI=1S/C9H13N7O5S/c1-14-6(11-12-13-14)4-10-9(18)15-3-2-5-7(15)8(17)16(5)22(19,20)21/h5,7H,2-4H2,1H3,(H,10,18)(H,19,20,21)/t5-,7+/m1/s1. The summed E-state index contributed by atoms with van der Waals surface area (Å²) >= 11 is 0. The first kappa shape index (κ1) is 14.6. The molecule has 2 fully saturated rings. The Morgan fingerprint density at radius 3 is 2.82 bits per heavy atom. The Morgan fingerprint density at radius 2 is 2.23 bits per heavy atom. The van der Waals surface area contributed by atoms with Gasteiger partial charge in [0.15, 0.2) is 5.82 Å². The lowest BCUT2D eigenvalue weighted by Crippen LogP contribution is -2.68. The molecule has 3 rings (SSSR count). The molecule has 0 saturated carbocycles. The molecule has 22 heavy (non-hydrogen) atoms. The molecule has 0 aromatic carbocycles. The van der Waals surface area contributed by atoms with E-state index in [1.54, 1.807) is 7.05 Å². The van der Waals surface area contributed by atoms with Crippen LogP contribution in [0.4, 0.5) is 4.79 Å². The van der Waals surface area contributed by atoms with Crippen LogP contribution in [0.5, 0.6) is 0 Å². The van der Waals surface area contributed by atoms with Gasteiger partial charge >= 0.3 is 16.3 Å². The van der Waals surface area contributed by atoms with E-state index < -0.39 is 34.3 Å². The van der Waals surface area contributed by atoms with Crippen LogP contribution in [0.2, 0.25) is 0 Å². The molecular weight excluding hydrogens is 318 g/mol. The lowest BCUT2D eigenvalue weighted by Gasteiger charge is -2.42. The van der Waals surface area contributed by atoms with Crippen molar-refractivity contribution in [2.24, 2.45) is 7.05 Å². The van der Waals surface area contributed by atoms with Crippen molar-refractivity contribution < 1.29 is 22.6 Å². The molecule has 0 bridgehead atoms. The average Bonchev–Trinajstić information content (AvgIpc) is 2.98. The molecule has 13 heteroatoms. The third kappa shape index (κ3) is 2.18. The van der Waals surface area contributed by atoms with E-state index in [0.717, 1.165) is 0 Å². The molecule has 1 aromatic rings. The fourth-order valence-electron chi connectivity index (χ4n) is 2.70. The number of hydrogen-bond acceptors (Lipinski definition) is 7. The van der Waals surface area contributed by atoms with E-state index in [9.17, 15) is 18.0 Å². The van der Waals surface area contributed by atoms with E-state index in [0.29, 0.717) is 10.1 Å². The van der Waals surface area contributed by atoms with Crippen molar-refractivity contribution in [2.75, 3.05) is 6.54 Å². The molecule has 2 atom stereocenters. The third-order valence-corrected chi connectivity index (χ3v) is 4.70. The Kier molecular flexibility index (Phi) is 3.25. The van der Waals surface area contributed by atoms with E-state index in [1.165, 1.54) is 9.58 Å². The zero-order chi connectivity index (χ0) is 16.1. The van der Waals surface area contributed by atoms with Gasteiger partial charge in [-0.2, -0.15) is 8.42 Å². The quantitative estimate of drug-likeness (QED) is 0.456. The second-order valence-corrected chi connectivity index (χ2v) is 6.27. The van der Waals surface area contributed by atoms with E-state index in [4.69, 9.17) is 4.55 Å². The Bertz CT molecular complexity index is 730. The van der Waals surface area contributed by atoms with E-state index in [1.807, 2.05) is 0 Å². The van der Waals surface area contributed by atoms with Crippen molar-refractivity contribution in [2.45, 2.75) is 25.0 Å². The average molecular weight is 331 g/mol. The lowest BCUT2D eigenvalue weighted by atomic mass is 10.0. The topological polar surface area (TPSA) is 151 Å². The first-order chi connectivity index (χ1) is 10.3. The van der Waals surface area contributed by atoms with Crippen LogP contribution >= 0.6 is 0 Å². The van der Waals surface area contributed by atoms with Gasteiger partial charge in [0.1, 0.15) is 6.04 Å². The van der Waals surface area contributed by atoms with Crippen molar-refractivity contribution in [3.05, 3.63) is 5.82 Å². The van der Waals surface area contributed by atoms with Crippen LogP contribution in [0.3, 0.4) is 0 Å². The van der Waals surface area contributed by atoms with Gasteiger partial charge in [0.25, 0.3) is 5.91 Å². The van der Waals surface area contributed by atoms with Gasteiger partial charge in [-0.05, 0) is 16.8 Å². The van der Waals surface area contributed by atoms with Crippen molar-refractivity contribution >= 4 is 22.2 Å². The summed E-state index contributed by atoms with van der Waals surface area (Å²) < 4.78 is 32.9. The zero-order valence-corrected chi connectivity index (χ0v) is 12.3. The maximum Gasteiger partial charge on any atom is 0.362 e. The molecule has 3 amide bonds. The minimum absolute atomic E-state index is 0.0758. The second kappa shape index (κ2) is 4.88. The molecule has 120 valence electrons. The molecule has 1 aromatic heterocycles. The minimum atomic E-state index is -4.58. The van der Waals surface area contributed by atoms with Crippen molar-refractivity contribution in [1.82, 2.24) is 34.7 Å². The summed E-state index contributed by atoms with van der Waals surface area (Å²) in [5.41, 5.74) is 0. The lowest BCUT2D eigenvalue weighted by molar-refractivity contribution is -0.143. The van der Waals surface area contributed by atoms with Crippen molar-refractivity contribution in [3.8, 4) is 0 Å². The number of urea groups is 1. The van der Waals surface area contributed by atoms with Crippen LogP contribution in [0, 0.1) is 0 Å². The van der Waals surface area contributed by atoms with Crippen LogP contribution in [0.25, 0.3) is 0 Å². The fraction of sp³-hybridized carbons (Fsp3) is 0.667.